The summed E-state index contributed by atoms with van der Waals surface area (Å²) in [5.41, 5.74) is 9.02. The molecule has 24 heavy (non-hydrogen) atoms. The molecule has 0 spiro atoms. The van der Waals surface area contributed by atoms with E-state index in [4.69, 9.17) is 0 Å². The van der Waals surface area contributed by atoms with E-state index in [0.29, 0.717) is 11.8 Å². The van der Waals surface area contributed by atoms with Crippen LogP contribution in [-0.2, 0) is 26.2 Å². The Morgan fingerprint density at radius 3 is 1.58 bits per heavy atom. The minimum Gasteiger partial charge on any atom is -0.0655 e. The molecule has 2 aliphatic carbocycles. The van der Waals surface area contributed by atoms with Gasteiger partial charge in [-0.1, -0.05) is 83.9 Å². The molecule has 2 atom stereocenters. The number of benzene rings is 2. The Balaban J connectivity index is 0.00000169. The predicted molar refractivity (Wildman–Crippen MR) is 101 cm³/mol. The Hall–Kier alpha value is -0.980. The van der Waals surface area contributed by atoms with Crippen LogP contribution in [0.1, 0.15) is 47.9 Å². The molecule has 2 heteroatoms. The molecular weight excluding hydrogens is 384 g/mol. The van der Waals surface area contributed by atoms with E-state index in [1.165, 1.54) is 45.5 Å². The molecule has 4 rings (SSSR count). The van der Waals surface area contributed by atoms with Gasteiger partial charge in [-0.15, -0.1) is 0 Å². The van der Waals surface area contributed by atoms with Crippen LogP contribution in [0.2, 0.25) is 12.1 Å². The summed E-state index contributed by atoms with van der Waals surface area (Å²) in [6, 6.07) is 20.4. The summed E-state index contributed by atoms with van der Waals surface area (Å²) in [5.74, 6) is 1.29. The van der Waals surface area contributed by atoms with Gasteiger partial charge in [-0.2, -0.15) is 0 Å². The number of hydrogen-bond acceptors (Lipinski definition) is 0. The number of rotatable bonds is 4. The van der Waals surface area contributed by atoms with Crippen molar-refractivity contribution in [3.8, 4) is 0 Å². The average Bonchev–Trinajstić information content (AvgIpc) is 3.04. The van der Waals surface area contributed by atoms with Gasteiger partial charge < -0.3 is 0 Å². The molecule has 0 saturated heterocycles. The molecule has 0 bridgehead atoms. The molecule has 2 aliphatic rings. The van der Waals surface area contributed by atoms with E-state index < -0.39 is 0 Å². The van der Waals surface area contributed by atoms with Gasteiger partial charge >= 0.3 is 0 Å². The van der Waals surface area contributed by atoms with Gasteiger partial charge in [-0.25, -0.2) is 0 Å². The second kappa shape index (κ2) is 7.50. The van der Waals surface area contributed by atoms with Crippen molar-refractivity contribution in [2.45, 2.75) is 37.8 Å². The van der Waals surface area contributed by atoms with Crippen LogP contribution in [0.25, 0.3) is 12.2 Å². The van der Waals surface area contributed by atoms with E-state index in [2.05, 4.69) is 74.5 Å². The van der Waals surface area contributed by atoms with Crippen LogP contribution in [0, 0.1) is 0 Å². The van der Waals surface area contributed by atoms with Crippen LogP contribution in [-0.4, -0.2) is 9.52 Å². The molecule has 2 radical (unpaired) electrons. The zero-order chi connectivity index (χ0) is 15.8. The van der Waals surface area contributed by atoms with Gasteiger partial charge in [0.25, 0.3) is 0 Å². The number of hydrogen-bond donors (Lipinski definition) is 0. The summed E-state index contributed by atoms with van der Waals surface area (Å²) < 4.78 is 0. The quantitative estimate of drug-likeness (QED) is 0.553. The zero-order valence-corrected chi connectivity index (χ0v) is 17.8. The Bertz CT molecular complexity index is 736. The topological polar surface area (TPSA) is 0 Å². The molecule has 0 nitrogen and oxygen atoms in total. The van der Waals surface area contributed by atoms with Gasteiger partial charge in [0, 0.05) is 47.6 Å². The second-order valence-electron chi connectivity index (χ2n) is 6.80. The first-order valence-electron chi connectivity index (χ1n) is 8.49. The van der Waals surface area contributed by atoms with Crippen molar-refractivity contribution in [3.05, 3.63) is 81.9 Å². The number of allylic oxidation sites excluding steroid dienone is 2. The molecule has 2 aromatic carbocycles. The Morgan fingerprint density at radius 2 is 1.12 bits per heavy atom. The maximum Gasteiger partial charge on any atom is 0.0397 e. The van der Waals surface area contributed by atoms with Crippen molar-refractivity contribution >= 4 is 21.7 Å². The summed E-state index contributed by atoms with van der Waals surface area (Å²) in [7, 11) is 1.01. The van der Waals surface area contributed by atoms with Crippen LogP contribution in [0.5, 0.6) is 0 Å². The number of fused-ring (bicyclic) bond motifs is 2. The summed E-state index contributed by atoms with van der Waals surface area (Å²) in [5, 5.41) is 0. The largest absolute Gasteiger partial charge is 0.0655 e. The van der Waals surface area contributed by atoms with Crippen LogP contribution in [0.4, 0.5) is 0 Å². The van der Waals surface area contributed by atoms with E-state index in [1.54, 1.807) is 0 Å². The molecule has 0 aromatic heterocycles. The normalized spacial score (nSPS) is 20.8. The fourth-order valence-corrected chi connectivity index (χ4v) is 5.84. The summed E-state index contributed by atoms with van der Waals surface area (Å²) in [6.07, 6.45) is 4.75. The van der Waals surface area contributed by atoms with E-state index in [0.717, 1.165) is 9.52 Å². The van der Waals surface area contributed by atoms with Crippen molar-refractivity contribution in [2.24, 2.45) is 0 Å². The Morgan fingerprint density at radius 1 is 0.708 bits per heavy atom. The summed E-state index contributed by atoms with van der Waals surface area (Å²) in [4.78, 5) is 0. The van der Waals surface area contributed by atoms with Gasteiger partial charge in [0.05, 0.1) is 0 Å². The summed E-state index contributed by atoms with van der Waals surface area (Å²) >= 11 is 0. The van der Waals surface area contributed by atoms with E-state index in [9.17, 15) is 0 Å². The fourth-order valence-electron chi connectivity index (χ4n) is 4.02. The van der Waals surface area contributed by atoms with Crippen molar-refractivity contribution in [1.82, 2.24) is 0 Å². The minimum absolute atomic E-state index is 0. The molecular formula is C22H22SiZr. The minimum atomic E-state index is 0. The maximum absolute atomic E-state index is 2.38. The fraction of sp³-hybridized carbons (Fsp3) is 0.273. The average molecular weight is 406 g/mol. The first-order chi connectivity index (χ1) is 11.2. The van der Waals surface area contributed by atoms with Gasteiger partial charge in [-0.05, 0) is 36.1 Å². The van der Waals surface area contributed by atoms with Crippen LogP contribution < -0.4 is 0 Å². The molecule has 0 N–H and O–H groups in total. The van der Waals surface area contributed by atoms with Crippen LogP contribution in [0.3, 0.4) is 0 Å². The van der Waals surface area contributed by atoms with Gasteiger partial charge in [-0.3, -0.25) is 0 Å². The SMILES string of the molecule is CC1=Cc2ccccc2C1C[Si]CC1C(C)=Cc2ccccc21.[Zr]. The third-order valence-corrected chi connectivity index (χ3v) is 6.70. The molecule has 118 valence electrons. The van der Waals surface area contributed by atoms with Crippen molar-refractivity contribution in [3.63, 3.8) is 0 Å². The van der Waals surface area contributed by atoms with E-state index in [-0.39, 0.29) is 26.2 Å². The molecule has 2 unspecified atom stereocenters. The first-order valence-corrected chi connectivity index (χ1v) is 9.90. The first kappa shape index (κ1) is 17.8. The van der Waals surface area contributed by atoms with Crippen LogP contribution in [0.15, 0.2) is 59.7 Å². The molecule has 0 fully saturated rings. The molecule has 0 aliphatic heterocycles. The zero-order valence-electron chi connectivity index (χ0n) is 14.3. The molecule has 2 aromatic rings. The van der Waals surface area contributed by atoms with E-state index >= 15 is 0 Å². The van der Waals surface area contributed by atoms with Crippen molar-refractivity contribution < 1.29 is 26.2 Å². The Kier molecular flexibility index (Phi) is 5.57. The monoisotopic (exact) mass is 404 g/mol. The molecule has 0 amide bonds. The third kappa shape index (κ3) is 3.24. The molecule has 0 heterocycles. The Labute approximate surface area is 167 Å². The van der Waals surface area contributed by atoms with Crippen molar-refractivity contribution in [2.75, 3.05) is 0 Å². The van der Waals surface area contributed by atoms with Gasteiger partial charge in [0.1, 0.15) is 0 Å². The predicted octanol–water partition coefficient (Wildman–Crippen LogP) is 5.93. The van der Waals surface area contributed by atoms with Gasteiger partial charge in [0.15, 0.2) is 0 Å². The smallest absolute Gasteiger partial charge is 0.0397 e. The maximum atomic E-state index is 2.38. The van der Waals surface area contributed by atoms with Crippen LogP contribution >= 0.6 is 0 Å². The second-order valence-corrected chi connectivity index (χ2v) is 8.11. The molecule has 0 saturated carbocycles. The van der Waals surface area contributed by atoms with Crippen molar-refractivity contribution in [1.29, 1.82) is 0 Å². The summed E-state index contributed by atoms with van der Waals surface area (Å²) in [6.45, 7) is 4.59. The third-order valence-electron chi connectivity index (χ3n) is 5.31. The standard InChI is InChI=1S/C22H22Si.Zr/c1-15-11-17-7-3-5-9-19(17)21(15)13-23-14-22-16(2)12-18-8-4-6-10-20(18)22;/h3-12,21-22H,13-14H2,1-2H3;. The van der Waals surface area contributed by atoms with Gasteiger partial charge in [0.2, 0.25) is 0 Å². The van der Waals surface area contributed by atoms with E-state index in [1.807, 2.05) is 0 Å².